The van der Waals surface area contributed by atoms with E-state index in [0.717, 1.165) is 24.2 Å². The number of imide groups is 1. The van der Waals surface area contributed by atoms with Crippen molar-refractivity contribution in [3.8, 4) is 0 Å². The van der Waals surface area contributed by atoms with Gasteiger partial charge in [0.1, 0.15) is 5.82 Å². The number of hydrogen-bond donors (Lipinski definition) is 0. The molecule has 3 nitrogen and oxygen atoms in total. The fourth-order valence-electron chi connectivity index (χ4n) is 2.87. The molecule has 2 fully saturated rings. The Morgan fingerprint density at radius 1 is 1.17 bits per heavy atom. The Bertz CT molecular complexity index is 524. The Morgan fingerprint density at radius 2 is 1.78 bits per heavy atom. The van der Waals surface area contributed by atoms with Gasteiger partial charge < -0.3 is 0 Å². The van der Waals surface area contributed by atoms with E-state index < -0.39 is 5.82 Å². The van der Waals surface area contributed by atoms with Crippen LogP contribution in [0.25, 0.3) is 0 Å². The highest BCUT2D eigenvalue weighted by molar-refractivity contribution is 9.10. The Hall–Kier alpha value is -1.23. The van der Waals surface area contributed by atoms with Crippen molar-refractivity contribution >= 4 is 33.4 Å². The fraction of sp³-hybridized carbons (Fsp3) is 0.385. The predicted molar refractivity (Wildman–Crippen MR) is 67.4 cm³/mol. The topological polar surface area (TPSA) is 37.4 Å². The van der Waals surface area contributed by atoms with E-state index in [2.05, 4.69) is 15.9 Å². The van der Waals surface area contributed by atoms with E-state index in [1.807, 2.05) is 0 Å². The molecule has 1 aromatic carbocycles. The molecule has 0 aromatic heterocycles. The summed E-state index contributed by atoms with van der Waals surface area (Å²) in [5.41, 5.74) is 0.333. The molecule has 1 aliphatic heterocycles. The number of anilines is 1. The first-order chi connectivity index (χ1) is 8.59. The highest BCUT2D eigenvalue weighted by Gasteiger charge is 2.50. The Labute approximate surface area is 112 Å². The summed E-state index contributed by atoms with van der Waals surface area (Å²) in [4.78, 5) is 25.5. The van der Waals surface area contributed by atoms with Gasteiger partial charge in [0.15, 0.2) is 0 Å². The number of amides is 2. The van der Waals surface area contributed by atoms with Crippen LogP contribution in [0, 0.1) is 17.7 Å². The Balaban J connectivity index is 1.99. The van der Waals surface area contributed by atoms with Crippen LogP contribution in [-0.4, -0.2) is 11.8 Å². The average molecular weight is 312 g/mol. The maximum Gasteiger partial charge on any atom is 0.237 e. The van der Waals surface area contributed by atoms with Gasteiger partial charge in [-0.25, -0.2) is 9.29 Å². The number of nitrogens with zero attached hydrogens (tertiary/aromatic N) is 1. The third kappa shape index (κ3) is 1.61. The fourth-order valence-corrected chi connectivity index (χ4v) is 3.12. The molecule has 1 saturated carbocycles. The number of fused-ring (bicyclic) bond motifs is 1. The molecule has 1 aromatic rings. The number of halogens is 2. The monoisotopic (exact) mass is 311 g/mol. The van der Waals surface area contributed by atoms with Crippen LogP contribution in [0.4, 0.5) is 10.1 Å². The lowest BCUT2D eigenvalue weighted by Crippen LogP contribution is -2.31. The summed E-state index contributed by atoms with van der Waals surface area (Å²) < 4.78 is 13.8. The molecule has 0 spiro atoms. The van der Waals surface area contributed by atoms with Gasteiger partial charge in [0.05, 0.1) is 22.0 Å². The maximum absolute atomic E-state index is 13.5. The van der Waals surface area contributed by atoms with Crippen LogP contribution in [0.2, 0.25) is 0 Å². The summed E-state index contributed by atoms with van der Waals surface area (Å²) in [5.74, 6) is -1.20. The minimum atomic E-state index is -0.467. The zero-order chi connectivity index (χ0) is 12.9. The predicted octanol–water partition coefficient (Wildman–Crippen LogP) is 2.88. The molecule has 3 rings (SSSR count). The number of benzene rings is 1. The zero-order valence-electron chi connectivity index (χ0n) is 9.53. The molecule has 5 heteroatoms. The van der Waals surface area contributed by atoms with Crippen molar-refractivity contribution in [2.24, 2.45) is 11.8 Å². The Morgan fingerprint density at radius 3 is 2.33 bits per heavy atom. The lowest BCUT2D eigenvalue weighted by molar-refractivity contribution is -0.122. The minimum absolute atomic E-state index is 0.177. The van der Waals surface area contributed by atoms with Gasteiger partial charge in [0.2, 0.25) is 11.8 Å². The van der Waals surface area contributed by atoms with Gasteiger partial charge in [0, 0.05) is 0 Å². The summed E-state index contributed by atoms with van der Waals surface area (Å²) >= 11 is 3.05. The van der Waals surface area contributed by atoms with Crippen molar-refractivity contribution in [2.45, 2.75) is 19.3 Å². The van der Waals surface area contributed by atoms with Crippen molar-refractivity contribution in [2.75, 3.05) is 4.90 Å². The summed E-state index contributed by atoms with van der Waals surface area (Å²) in [5, 5.41) is 0. The van der Waals surface area contributed by atoms with Gasteiger partial charge >= 0.3 is 0 Å². The third-order valence-corrected chi connectivity index (χ3v) is 4.40. The molecule has 1 heterocycles. The molecule has 2 atom stereocenters. The van der Waals surface area contributed by atoms with Gasteiger partial charge in [-0.3, -0.25) is 9.59 Å². The van der Waals surface area contributed by atoms with Crippen LogP contribution in [0.5, 0.6) is 0 Å². The van der Waals surface area contributed by atoms with E-state index in [0.29, 0.717) is 10.2 Å². The molecule has 2 aliphatic rings. The van der Waals surface area contributed by atoms with E-state index in [1.54, 1.807) is 6.07 Å². The van der Waals surface area contributed by atoms with Crippen molar-refractivity contribution in [3.05, 3.63) is 28.5 Å². The summed E-state index contributed by atoms with van der Waals surface area (Å²) in [6, 6.07) is 4.32. The van der Waals surface area contributed by atoms with Crippen LogP contribution in [-0.2, 0) is 9.59 Å². The largest absolute Gasteiger partial charge is 0.274 e. The molecule has 2 unspecified atom stereocenters. The van der Waals surface area contributed by atoms with Gasteiger partial charge in [-0.1, -0.05) is 6.42 Å². The second kappa shape index (κ2) is 4.16. The van der Waals surface area contributed by atoms with Gasteiger partial charge in [-0.2, -0.15) is 0 Å². The first-order valence-electron chi connectivity index (χ1n) is 5.92. The summed E-state index contributed by atoms with van der Waals surface area (Å²) in [6.45, 7) is 0. The van der Waals surface area contributed by atoms with Crippen molar-refractivity contribution in [1.82, 2.24) is 0 Å². The SMILES string of the molecule is O=C1C2CCCC2C(=O)N1c1ccc(Br)c(F)c1. The van der Waals surface area contributed by atoms with Gasteiger partial charge in [-0.05, 0) is 47.0 Å². The number of rotatable bonds is 1. The van der Waals surface area contributed by atoms with E-state index >= 15 is 0 Å². The second-order valence-electron chi connectivity index (χ2n) is 4.75. The molecule has 0 N–H and O–H groups in total. The van der Waals surface area contributed by atoms with Crippen molar-refractivity contribution in [3.63, 3.8) is 0 Å². The highest BCUT2D eigenvalue weighted by Crippen LogP contribution is 2.41. The van der Waals surface area contributed by atoms with Gasteiger partial charge in [0.25, 0.3) is 0 Å². The summed E-state index contributed by atoms with van der Waals surface area (Å²) in [7, 11) is 0. The molecule has 0 bridgehead atoms. The lowest BCUT2D eigenvalue weighted by Gasteiger charge is -2.16. The van der Waals surface area contributed by atoms with Gasteiger partial charge in [-0.15, -0.1) is 0 Å². The zero-order valence-corrected chi connectivity index (χ0v) is 11.1. The Kier molecular flexibility index (Phi) is 2.73. The lowest BCUT2D eigenvalue weighted by atomic mass is 10.00. The molecular formula is C13H11BrFNO2. The minimum Gasteiger partial charge on any atom is -0.274 e. The highest BCUT2D eigenvalue weighted by atomic mass is 79.9. The van der Waals surface area contributed by atoms with Crippen LogP contribution in [0.3, 0.4) is 0 Å². The van der Waals surface area contributed by atoms with E-state index in [4.69, 9.17) is 0 Å². The average Bonchev–Trinajstić information content (AvgIpc) is 2.89. The normalized spacial score (nSPS) is 26.9. The van der Waals surface area contributed by atoms with E-state index in [1.165, 1.54) is 12.1 Å². The molecule has 1 saturated heterocycles. The number of carbonyl (C=O) groups excluding carboxylic acids is 2. The molecule has 94 valence electrons. The maximum atomic E-state index is 13.5. The van der Waals surface area contributed by atoms with E-state index in [-0.39, 0.29) is 23.7 Å². The van der Waals surface area contributed by atoms with Crippen LogP contribution >= 0.6 is 15.9 Å². The van der Waals surface area contributed by atoms with Crippen LogP contribution in [0.1, 0.15) is 19.3 Å². The van der Waals surface area contributed by atoms with Crippen molar-refractivity contribution in [1.29, 1.82) is 0 Å². The smallest absolute Gasteiger partial charge is 0.237 e. The quantitative estimate of drug-likeness (QED) is 0.748. The molecule has 2 amide bonds. The molecule has 18 heavy (non-hydrogen) atoms. The first-order valence-corrected chi connectivity index (χ1v) is 6.72. The van der Waals surface area contributed by atoms with Crippen LogP contribution in [0.15, 0.2) is 22.7 Å². The second-order valence-corrected chi connectivity index (χ2v) is 5.61. The molecule has 1 aliphatic carbocycles. The van der Waals surface area contributed by atoms with Crippen LogP contribution < -0.4 is 4.90 Å². The number of hydrogen-bond acceptors (Lipinski definition) is 2. The standard InChI is InChI=1S/C13H11BrFNO2/c14-10-5-4-7(6-11(10)15)16-12(17)8-2-1-3-9(8)13(16)18/h4-6,8-9H,1-3H2. The number of carbonyl (C=O) groups is 2. The first kappa shape index (κ1) is 11.8. The van der Waals surface area contributed by atoms with E-state index in [9.17, 15) is 14.0 Å². The van der Waals surface area contributed by atoms with Crippen molar-refractivity contribution < 1.29 is 14.0 Å². The molecule has 0 radical (unpaired) electrons. The third-order valence-electron chi connectivity index (χ3n) is 3.75. The molecular weight excluding hydrogens is 301 g/mol. The summed E-state index contributed by atoms with van der Waals surface area (Å²) in [6.07, 6.45) is 2.46.